The summed E-state index contributed by atoms with van der Waals surface area (Å²) in [6.07, 6.45) is 4.97. The number of rotatable bonds is 5. The summed E-state index contributed by atoms with van der Waals surface area (Å²) in [5.74, 6) is 0.279. The number of hydrogen-bond donors (Lipinski definition) is 1. The number of primary amides is 1. The number of nitrogens with two attached hydrogens (primary N) is 1. The van der Waals surface area contributed by atoms with Crippen molar-refractivity contribution in [3.05, 3.63) is 58.7 Å². The van der Waals surface area contributed by atoms with Gasteiger partial charge in [0.25, 0.3) is 5.91 Å². The fraction of sp³-hybridized carbons (Fsp3) is 0.478. The number of amides is 1. The van der Waals surface area contributed by atoms with Gasteiger partial charge < -0.3 is 15.4 Å². The zero-order valence-corrected chi connectivity index (χ0v) is 18.1. The van der Waals surface area contributed by atoms with Crippen molar-refractivity contribution in [3.8, 4) is 0 Å². The highest BCUT2D eigenvalue weighted by Gasteiger charge is 2.34. The third-order valence-electron chi connectivity index (χ3n) is 6.18. The van der Waals surface area contributed by atoms with Crippen LogP contribution in [0.1, 0.15) is 35.7 Å². The summed E-state index contributed by atoms with van der Waals surface area (Å²) in [4.78, 5) is 21.0. The number of ether oxygens (including phenoxy) is 1. The summed E-state index contributed by atoms with van der Waals surface area (Å²) in [6.45, 7) is 5.56. The summed E-state index contributed by atoms with van der Waals surface area (Å²) in [5.41, 5.74) is 7.32. The topological polar surface area (TPSA) is 71.7 Å². The molecule has 2 N–H and O–H groups in total. The first kappa shape index (κ1) is 21.1. The number of hydrogen-bond acceptors (Lipinski definition) is 5. The molecule has 3 heterocycles. The number of morpholine rings is 1. The number of carbonyl (C=O) groups is 1. The normalized spacial score (nSPS) is 23.5. The molecule has 6 nitrogen and oxygen atoms in total. The molecule has 1 amide bonds. The number of nitrogens with zero attached hydrogens (tertiary/aromatic N) is 3. The molecular formula is C23H29ClN4O2. The average molecular weight is 429 g/mol. The van der Waals surface area contributed by atoms with Gasteiger partial charge in [0.05, 0.1) is 18.3 Å². The fourth-order valence-corrected chi connectivity index (χ4v) is 4.76. The van der Waals surface area contributed by atoms with Gasteiger partial charge in [0, 0.05) is 42.9 Å². The Kier molecular flexibility index (Phi) is 6.56. The van der Waals surface area contributed by atoms with Gasteiger partial charge in [-0.3, -0.25) is 9.69 Å². The molecule has 0 bridgehead atoms. The molecule has 160 valence electrons. The van der Waals surface area contributed by atoms with Crippen molar-refractivity contribution < 1.29 is 9.53 Å². The molecule has 1 aromatic heterocycles. The molecule has 2 saturated heterocycles. The molecule has 0 unspecified atom stereocenters. The van der Waals surface area contributed by atoms with E-state index in [0.717, 1.165) is 50.5 Å². The molecule has 0 spiro atoms. The Bertz CT molecular complexity index is 868. The summed E-state index contributed by atoms with van der Waals surface area (Å²) in [6, 6.07) is 12.5. The van der Waals surface area contributed by atoms with Crippen LogP contribution in [0.25, 0.3) is 0 Å². The third-order valence-corrected chi connectivity index (χ3v) is 6.43. The molecule has 30 heavy (non-hydrogen) atoms. The molecule has 2 atom stereocenters. The monoisotopic (exact) mass is 428 g/mol. The smallest absolute Gasteiger partial charge is 0.252 e. The zero-order chi connectivity index (χ0) is 21.1. The van der Waals surface area contributed by atoms with Crippen molar-refractivity contribution in [3.63, 3.8) is 0 Å². The first-order valence-electron chi connectivity index (χ1n) is 10.6. The lowest BCUT2D eigenvalue weighted by atomic mass is 9.96. The van der Waals surface area contributed by atoms with Crippen molar-refractivity contribution in [2.75, 3.05) is 31.1 Å². The first-order chi connectivity index (χ1) is 14.5. The van der Waals surface area contributed by atoms with Crippen LogP contribution in [0.3, 0.4) is 0 Å². The Labute approximate surface area is 183 Å². The lowest BCUT2D eigenvalue weighted by Gasteiger charge is -2.46. The lowest BCUT2D eigenvalue weighted by molar-refractivity contribution is -0.0745. The molecule has 4 rings (SSSR count). The minimum Gasteiger partial charge on any atom is -0.376 e. The van der Waals surface area contributed by atoms with Gasteiger partial charge in [0.1, 0.15) is 5.82 Å². The Morgan fingerprint density at radius 2 is 1.97 bits per heavy atom. The minimum absolute atomic E-state index is 0.238. The summed E-state index contributed by atoms with van der Waals surface area (Å²) in [5, 5.41) is 0.765. The quantitative estimate of drug-likeness (QED) is 0.792. The van der Waals surface area contributed by atoms with E-state index in [1.165, 1.54) is 5.56 Å². The Morgan fingerprint density at radius 3 is 2.67 bits per heavy atom. The second-order valence-electron chi connectivity index (χ2n) is 8.28. The fourth-order valence-electron chi connectivity index (χ4n) is 4.64. The second kappa shape index (κ2) is 9.33. The van der Waals surface area contributed by atoms with Crippen LogP contribution in [0.4, 0.5) is 5.82 Å². The molecule has 2 aromatic rings. The molecule has 7 heteroatoms. The van der Waals surface area contributed by atoms with Crippen molar-refractivity contribution in [1.29, 1.82) is 0 Å². The molecule has 2 fully saturated rings. The van der Waals surface area contributed by atoms with Gasteiger partial charge >= 0.3 is 0 Å². The van der Waals surface area contributed by atoms with E-state index in [4.69, 9.17) is 22.1 Å². The molecule has 1 aromatic carbocycles. The van der Waals surface area contributed by atoms with Gasteiger partial charge in [-0.2, -0.15) is 0 Å². The van der Waals surface area contributed by atoms with Gasteiger partial charge in [-0.15, -0.1) is 0 Å². The van der Waals surface area contributed by atoms with Crippen LogP contribution in [-0.4, -0.2) is 60.2 Å². The number of piperidine rings is 1. The Morgan fingerprint density at radius 1 is 1.23 bits per heavy atom. The van der Waals surface area contributed by atoms with Crippen molar-refractivity contribution in [1.82, 2.24) is 9.88 Å². The number of benzene rings is 1. The Hall–Kier alpha value is -2.15. The first-order valence-corrected chi connectivity index (χ1v) is 11.0. The lowest BCUT2D eigenvalue weighted by Crippen LogP contribution is -2.56. The maximum Gasteiger partial charge on any atom is 0.252 e. The SMILES string of the molecule is C[C@H]1CN(C2CCN(c3ncccc3C(N)=O)CC2)[C@@H](Cc2ccc(Cl)cc2)CO1. The van der Waals surface area contributed by atoms with E-state index < -0.39 is 5.91 Å². The predicted molar refractivity (Wildman–Crippen MR) is 119 cm³/mol. The highest BCUT2D eigenvalue weighted by molar-refractivity contribution is 6.30. The standard InChI is InChI=1S/C23H29ClN4O2/c1-16-14-28(20(15-30-16)13-17-4-6-18(24)7-5-17)19-8-11-27(12-9-19)23-21(22(25)29)3-2-10-26-23/h2-7,10,16,19-20H,8-9,11-15H2,1H3,(H2,25,29)/t16-,20-/m0/s1. The van der Waals surface area contributed by atoms with Crippen LogP contribution in [0, 0.1) is 0 Å². The largest absolute Gasteiger partial charge is 0.376 e. The van der Waals surface area contributed by atoms with Crippen LogP contribution in [0.2, 0.25) is 5.02 Å². The summed E-state index contributed by atoms with van der Waals surface area (Å²) in [7, 11) is 0. The van der Waals surface area contributed by atoms with Crippen LogP contribution < -0.4 is 10.6 Å². The molecule has 0 saturated carbocycles. The van der Waals surface area contributed by atoms with E-state index >= 15 is 0 Å². The predicted octanol–water partition coefficient (Wildman–Crippen LogP) is 3.13. The van der Waals surface area contributed by atoms with Gasteiger partial charge in [-0.1, -0.05) is 23.7 Å². The summed E-state index contributed by atoms with van der Waals surface area (Å²) < 4.78 is 6.00. The van der Waals surface area contributed by atoms with Gasteiger partial charge in [-0.05, 0) is 56.0 Å². The van der Waals surface area contributed by atoms with E-state index in [0.29, 0.717) is 23.5 Å². The van der Waals surface area contributed by atoms with E-state index in [-0.39, 0.29) is 6.10 Å². The van der Waals surface area contributed by atoms with Gasteiger partial charge in [-0.25, -0.2) is 4.98 Å². The van der Waals surface area contributed by atoms with E-state index in [2.05, 4.69) is 33.8 Å². The number of carbonyl (C=O) groups excluding carboxylic acids is 1. The molecule has 2 aliphatic heterocycles. The number of halogens is 1. The van der Waals surface area contributed by atoms with Gasteiger partial charge in [0.2, 0.25) is 0 Å². The molecule has 0 aliphatic carbocycles. The van der Waals surface area contributed by atoms with Gasteiger partial charge in [0.15, 0.2) is 0 Å². The third kappa shape index (κ3) is 4.77. The molecular weight excluding hydrogens is 400 g/mol. The van der Waals surface area contributed by atoms with Crippen molar-refractivity contribution in [2.45, 2.75) is 44.4 Å². The van der Waals surface area contributed by atoms with Crippen LogP contribution >= 0.6 is 11.6 Å². The van der Waals surface area contributed by atoms with Crippen LogP contribution in [0.5, 0.6) is 0 Å². The highest BCUT2D eigenvalue weighted by atomic mass is 35.5. The molecule has 0 radical (unpaired) electrons. The average Bonchev–Trinajstić information content (AvgIpc) is 2.76. The second-order valence-corrected chi connectivity index (χ2v) is 8.72. The maximum atomic E-state index is 11.8. The van der Waals surface area contributed by atoms with E-state index in [9.17, 15) is 4.79 Å². The molecule has 2 aliphatic rings. The number of pyridine rings is 1. The minimum atomic E-state index is -0.426. The zero-order valence-electron chi connectivity index (χ0n) is 17.3. The Balaban J connectivity index is 1.44. The maximum absolute atomic E-state index is 11.8. The van der Waals surface area contributed by atoms with E-state index in [1.807, 2.05) is 12.1 Å². The van der Waals surface area contributed by atoms with Crippen LogP contribution in [-0.2, 0) is 11.2 Å². The number of aromatic nitrogens is 1. The van der Waals surface area contributed by atoms with Crippen molar-refractivity contribution in [2.24, 2.45) is 5.73 Å². The van der Waals surface area contributed by atoms with Crippen LogP contribution in [0.15, 0.2) is 42.6 Å². The number of anilines is 1. The highest BCUT2D eigenvalue weighted by Crippen LogP contribution is 2.28. The van der Waals surface area contributed by atoms with E-state index in [1.54, 1.807) is 18.3 Å². The summed E-state index contributed by atoms with van der Waals surface area (Å²) >= 11 is 6.05. The van der Waals surface area contributed by atoms with Crippen molar-refractivity contribution >= 4 is 23.3 Å².